The van der Waals surface area contributed by atoms with Gasteiger partial charge in [-0.05, 0) is 34.7 Å². The minimum absolute atomic E-state index is 0.0143. The van der Waals surface area contributed by atoms with Crippen LogP contribution in [0, 0.1) is 5.82 Å². The molecular formula is C24H27F2N7O2. The average molecular weight is 484 g/mol. The van der Waals surface area contributed by atoms with Gasteiger partial charge < -0.3 is 16.0 Å². The van der Waals surface area contributed by atoms with Crippen LogP contribution in [-0.4, -0.2) is 55.9 Å². The summed E-state index contributed by atoms with van der Waals surface area (Å²) in [5.41, 5.74) is 7.71. The Morgan fingerprint density at radius 3 is 2.63 bits per heavy atom. The van der Waals surface area contributed by atoms with Gasteiger partial charge >= 0.3 is 0 Å². The number of alkyl halides is 1. The lowest BCUT2D eigenvalue weighted by atomic mass is 9.95. The summed E-state index contributed by atoms with van der Waals surface area (Å²) in [6.45, 7) is 3.58. The summed E-state index contributed by atoms with van der Waals surface area (Å²) in [4.78, 5) is 31.5. The van der Waals surface area contributed by atoms with Crippen molar-refractivity contribution in [3.63, 3.8) is 0 Å². The molecule has 3 aromatic rings. The van der Waals surface area contributed by atoms with Crippen molar-refractivity contribution >= 4 is 17.6 Å². The van der Waals surface area contributed by atoms with Crippen LogP contribution in [-0.2, 0) is 16.0 Å². The molecule has 9 nitrogen and oxygen atoms in total. The standard InChI is InChI=1S/C24H27F2N7O2/c1-13(2)18-5-3-14(7-19(18)26)23(15-4-6-21(27)28-10-15)30-24(35)20-8-16(25)12-33(20)22(34)9-17-11-29-32-31-17/h3-7,10-11,13,16,20,23H,8-9,12H2,1-2H3,(H2,27,28)(H,30,35)(H,29,31,32)/t16-,20+,23-/m1/s1. The molecule has 1 aliphatic heterocycles. The van der Waals surface area contributed by atoms with Crippen molar-refractivity contribution < 1.29 is 18.4 Å². The Hall–Kier alpha value is -3.89. The number of nitrogens with one attached hydrogen (secondary N) is 2. The number of pyridine rings is 1. The number of benzene rings is 1. The second-order valence-electron chi connectivity index (χ2n) is 8.93. The summed E-state index contributed by atoms with van der Waals surface area (Å²) in [5.74, 6) is -1.10. The van der Waals surface area contributed by atoms with E-state index in [4.69, 9.17) is 5.73 Å². The van der Waals surface area contributed by atoms with E-state index in [0.717, 1.165) is 0 Å². The van der Waals surface area contributed by atoms with Crippen LogP contribution >= 0.6 is 0 Å². The summed E-state index contributed by atoms with van der Waals surface area (Å²) >= 11 is 0. The maximum Gasteiger partial charge on any atom is 0.243 e. The molecule has 0 unspecified atom stereocenters. The third-order valence-corrected chi connectivity index (χ3v) is 6.08. The van der Waals surface area contributed by atoms with Gasteiger partial charge in [-0.1, -0.05) is 32.0 Å². The minimum atomic E-state index is -1.34. The molecule has 3 atom stereocenters. The Morgan fingerprint density at radius 2 is 2.00 bits per heavy atom. The zero-order valence-electron chi connectivity index (χ0n) is 19.4. The van der Waals surface area contributed by atoms with E-state index in [1.807, 2.05) is 13.8 Å². The van der Waals surface area contributed by atoms with E-state index in [1.165, 1.54) is 23.4 Å². The molecular weight excluding hydrogens is 456 g/mol. The molecule has 0 aliphatic carbocycles. The van der Waals surface area contributed by atoms with Crippen LogP contribution in [0.1, 0.15) is 54.6 Å². The van der Waals surface area contributed by atoms with E-state index in [-0.39, 0.29) is 25.3 Å². The number of aromatic amines is 1. The van der Waals surface area contributed by atoms with E-state index in [9.17, 15) is 18.4 Å². The van der Waals surface area contributed by atoms with Crippen LogP contribution in [0.3, 0.4) is 0 Å². The third kappa shape index (κ3) is 5.44. The van der Waals surface area contributed by atoms with Crippen LogP contribution in [0.25, 0.3) is 0 Å². The molecule has 4 N–H and O–H groups in total. The van der Waals surface area contributed by atoms with Gasteiger partial charge in [-0.15, -0.1) is 0 Å². The zero-order valence-corrected chi connectivity index (χ0v) is 19.4. The van der Waals surface area contributed by atoms with E-state index in [0.29, 0.717) is 28.2 Å². The number of carbonyl (C=O) groups is 2. The first-order chi connectivity index (χ1) is 16.7. The number of nitrogens with zero attached hydrogens (tertiary/aromatic N) is 4. The molecule has 0 spiro atoms. The Morgan fingerprint density at radius 1 is 1.23 bits per heavy atom. The van der Waals surface area contributed by atoms with Crippen molar-refractivity contribution in [2.24, 2.45) is 0 Å². The minimum Gasteiger partial charge on any atom is -0.384 e. The van der Waals surface area contributed by atoms with Crippen LogP contribution in [0.4, 0.5) is 14.6 Å². The van der Waals surface area contributed by atoms with Gasteiger partial charge in [0, 0.05) is 12.6 Å². The van der Waals surface area contributed by atoms with Crippen molar-refractivity contribution in [3.05, 3.63) is 70.9 Å². The lowest BCUT2D eigenvalue weighted by Gasteiger charge is -2.27. The highest BCUT2D eigenvalue weighted by Crippen LogP contribution is 2.28. The number of halogens is 2. The van der Waals surface area contributed by atoms with E-state index < -0.39 is 35.9 Å². The summed E-state index contributed by atoms with van der Waals surface area (Å²) < 4.78 is 29.2. The van der Waals surface area contributed by atoms with E-state index >= 15 is 0 Å². The number of H-pyrrole nitrogens is 1. The predicted molar refractivity (Wildman–Crippen MR) is 124 cm³/mol. The van der Waals surface area contributed by atoms with Crippen LogP contribution in [0.5, 0.6) is 0 Å². The first-order valence-corrected chi connectivity index (χ1v) is 11.3. The molecule has 11 heteroatoms. The number of hydrogen-bond acceptors (Lipinski definition) is 6. The topological polar surface area (TPSA) is 130 Å². The molecule has 1 fully saturated rings. The first-order valence-electron chi connectivity index (χ1n) is 11.3. The number of nitrogen functional groups attached to an aromatic ring is 1. The van der Waals surface area contributed by atoms with Gasteiger partial charge in [0.2, 0.25) is 11.8 Å². The molecule has 1 aromatic carbocycles. The maximum atomic E-state index is 14.8. The van der Waals surface area contributed by atoms with Crippen LogP contribution < -0.4 is 11.1 Å². The molecule has 2 aromatic heterocycles. The Kier molecular flexibility index (Phi) is 7.04. The fraction of sp³-hybridized carbons (Fsp3) is 0.375. The van der Waals surface area contributed by atoms with Gasteiger partial charge in [-0.25, -0.2) is 13.8 Å². The molecule has 184 valence electrons. The molecule has 1 saturated heterocycles. The number of rotatable bonds is 7. The van der Waals surface area contributed by atoms with Crippen LogP contribution in [0.2, 0.25) is 0 Å². The molecule has 4 rings (SSSR count). The summed E-state index contributed by atoms with van der Waals surface area (Å²) in [6, 6.07) is 6.25. The quantitative estimate of drug-likeness (QED) is 0.473. The number of carbonyl (C=O) groups excluding carboxylic acids is 2. The van der Waals surface area contributed by atoms with Gasteiger partial charge in [-0.2, -0.15) is 15.4 Å². The molecule has 2 amide bonds. The highest BCUT2D eigenvalue weighted by molar-refractivity contribution is 5.89. The van der Waals surface area contributed by atoms with Gasteiger partial charge in [0.05, 0.1) is 30.9 Å². The Balaban J connectivity index is 1.60. The fourth-order valence-corrected chi connectivity index (χ4v) is 4.25. The van der Waals surface area contributed by atoms with E-state index in [1.54, 1.807) is 24.3 Å². The smallest absolute Gasteiger partial charge is 0.243 e. The van der Waals surface area contributed by atoms with E-state index in [2.05, 4.69) is 25.7 Å². The second-order valence-corrected chi connectivity index (χ2v) is 8.93. The maximum absolute atomic E-state index is 14.8. The summed E-state index contributed by atoms with van der Waals surface area (Å²) in [5, 5.41) is 12.8. The summed E-state index contributed by atoms with van der Waals surface area (Å²) in [7, 11) is 0. The Labute approximate surface area is 201 Å². The predicted octanol–water partition coefficient (Wildman–Crippen LogP) is 2.43. The normalized spacial score (nSPS) is 18.6. The molecule has 35 heavy (non-hydrogen) atoms. The number of likely N-dealkylation sites (tertiary alicyclic amines) is 1. The Bertz CT molecular complexity index is 1190. The second kappa shape index (κ2) is 10.2. The number of hydrogen-bond donors (Lipinski definition) is 3. The average Bonchev–Trinajstić information content (AvgIpc) is 3.47. The number of aromatic nitrogens is 4. The van der Waals surface area contributed by atoms with Crippen molar-refractivity contribution in [2.75, 3.05) is 12.3 Å². The monoisotopic (exact) mass is 483 g/mol. The number of amides is 2. The van der Waals surface area contributed by atoms with Gasteiger partial charge in [0.1, 0.15) is 23.8 Å². The first kappa shape index (κ1) is 24.2. The van der Waals surface area contributed by atoms with Crippen molar-refractivity contribution in [2.45, 2.75) is 50.9 Å². The SMILES string of the molecule is CC(C)c1ccc([C@@H](NC(=O)[C@@H]2C[C@@H](F)CN2C(=O)Cc2cn[nH]n2)c2ccc(N)nc2)cc1F. The number of nitrogens with two attached hydrogens (primary N) is 1. The van der Waals surface area contributed by atoms with Gasteiger partial charge in [0.25, 0.3) is 0 Å². The van der Waals surface area contributed by atoms with Crippen molar-refractivity contribution in [1.82, 2.24) is 30.6 Å². The highest BCUT2D eigenvalue weighted by atomic mass is 19.1. The van der Waals surface area contributed by atoms with Gasteiger partial charge in [-0.3, -0.25) is 9.59 Å². The largest absolute Gasteiger partial charge is 0.384 e. The summed E-state index contributed by atoms with van der Waals surface area (Å²) in [6.07, 6.45) is 1.31. The zero-order chi connectivity index (χ0) is 25.1. The fourth-order valence-electron chi connectivity index (χ4n) is 4.25. The number of anilines is 1. The third-order valence-electron chi connectivity index (χ3n) is 6.08. The highest BCUT2D eigenvalue weighted by Gasteiger charge is 2.40. The van der Waals surface area contributed by atoms with Gasteiger partial charge in [0.15, 0.2) is 0 Å². The van der Waals surface area contributed by atoms with Crippen molar-refractivity contribution in [1.29, 1.82) is 0 Å². The lowest BCUT2D eigenvalue weighted by Crippen LogP contribution is -2.47. The lowest BCUT2D eigenvalue weighted by molar-refractivity contribution is -0.138. The molecule has 3 heterocycles. The molecule has 0 saturated carbocycles. The van der Waals surface area contributed by atoms with Crippen molar-refractivity contribution in [3.8, 4) is 0 Å². The molecule has 0 radical (unpaired) electrons. The van der Waals surface area contributed by atoms with Crippen LogP contribution in [0.15, 0.2) is 42.7 Å². The molecule has 0 bridgehead atoms. The molecule has 1 aliphatic rings.